The first-order chi connectivity index (χ1) is 12.3. The number of alkyl halides is 3. The lowest BCUT2D eigenvalue weighted by Gasteiger charge is -2.56. The quantitative estimate of drug-likeness (QED) is 0.741. The molecule has 4 saturated carbocycles. The number of Topliss-reactive ketones (excluding diaryl/α,β-unsaturated/α-hetero) is 1. The molecule has 1 N–H and O–H groups in total. The van der Waals surface area contributed by atoms with E-state index < -0.39 is 12.1 Å². The van der Waals surface area contributed by atoms with Gasteiger partial charge >= 0.3 is 6.18 Å². The molecule has 0 aromatic heterocycles. The van der Waals surface area contributed by atoms with E-state index in [0.717, 1.165) is 44.9 Å². The summed E-state index contributed by atoms with van der Waals surface area (Å²) in [7, 11) is 0. The van der Waals surface area contributed by atoms with E-state index in [4.69, 9.17) is 0 Å². The smallest absolute Gasteiger partial charge is 0.389 e. The van der Waals surface area contributed by atoms with E-state index in [1.807, 2.05) is 0 Å². The van der Waals surface area contributed by atoms with Gasteiger partial charge in [0, 0.05) is 5.92 Å². The number of carbonyl (C=O) groups excluding carboxylic acids is 1. The van der Waals surface area contributed by atoms with E-state index in [1.165, 1.54) is 0 Å². The summed E-state index contributed by atoms with van der Waals surface area (Å²) in [6, 6.07) is 0. The molecule has 8 atom stereocenters. The van der Waals surface area contributed by atoms with Crippen LogP contribution in [0.4, 0.5) is 13.2 Å². The molecule has 2 nitrogen and oxygen atoms in total. The molecule has 0 radical (unpaired) electrons. The van der Waals surface area contributed by atoms with Crippen molar-refractivity contribution in [3.05, 3.63) is 0 Å². The highest BCUT2D eigenvalue weighted by atomic mass is 19.4. The van der Waals surface area contributed by atoms with Crippen LogP contribution in [0.1, 0.15) is 64.7 Å². The lowest BCUT2D eigenvalue weighted by atomic mass is 9.49. The number of aliphatic hydroxyl groups excluding tert-OH is 1. The monoisotopic (exact) mass is 372 g/mol. The molecule has 0 amide bonds. The Bertz CT molecular complexity index is 560. The van der Waals surface area contributed by atoms with Crippen LogP contribution in [0, 0.1) is 46.8 Å². The maximum absolute atomic E-state index is 13.2. The predicted octanol–water partition coefficient (Wildman–Crippen LogP) is 5.00. The summed E-state index contributed by atoms with van der Waals surface area (Å²) in [6.45, 7) is 1.89. The lowest BCUT2D eigenvalue weighted by Crippen LogP contribution is -2.50. The minimum atomic E-state index is -4.03. The van der Waals surface area contributed by atoms with E-state index in [1.54, 1.807) is 0 Å². The molecular formula is C21H31F3O2. The highest BCUT2D eigenvalue weighted by Crippen LogP contribution is 2.64. The first-order valence-electron chi connectivity index (χ1n) is 10.5. The van der Waals surface area contributed by atoms with Crippen LogP contribution in [0.3, 0.4) is 0 Å². The van der Waals surface area contributed by atoms with Gasteiger partial charge in [-0.1, -0.05) is 6.92 Å². The Hall–Kier alpha value is -0.580. The van der Waals surface area contributed by atoms with Crippen molar-refractivity contribution in [2.24, 2.45) is 46.8 Å². The van der Waals surface area contributed by atoms with Crippen LogP contribution in [0.15, 0.2) is 0 Å². The zero-order valence-electron chi connectivity index (χ0n) is 15.6. The average Bonchev–Trinajstić information content (AvgIpc) is 2.96. The fourth-order valence-corrected chi connectivity index (χ4v) is 7.79. The summed E-state index contributed by atoms with van der Waals surface area (Å²) in [6.07, 6.45) is 3.32. The fraction of sp³-hybridized carbons (Fsp3) is 0.952. The molecule has 0 saturated heterocycles. The van der Waals surface area contributed by atoms with E-state index in [0.29, 0.717) is 36.5 Å². The Morgan fingerprint density at radius 3 is 2.42 bits per heavy atom. The van der Waals surface area contributed by atoms with E-state index in [2.05, 4.69) is 6.92 Å². The average molecular weight is 372 g/mol. The van der Waals surface area contributed by atoms with Crippen LogP contribution in [-0.2, 0) is 4.79 Å². The SMILES string of the molecule is C[C@]12CCC3[C@H]4CC[C@H](C(F)(F)F)CC4CC[C@H]3[C@@H]1CC[C@@H]2C(=O)CO. The molecular weight excluding hydrogens is 341 g/mol. The van der Waals surface area contributed by atoms with Gasteiger partial charge in [-0.2, -0.15) is 13.2 Å². The van der Waals surface area contributed by atoms with Gasteiger partial charge in [-0.15, -0.1) is 0 Å². The van der Waals surface area contributed by atoms with Gasteiger partial charge in [0.15, 0.2) is 5.78 Å². The van der Waals surface area contributed by atoms with Crippen molar-refractivity contribution in [1.82, 2.24) is 0 Å². The second-order valence-corrected chi connectivity index (χ2v) is 9.79. The third kappa shape index (κ3) is 2.84. The van der Waals surface area contributed by atoms with Gasteiger partial charge in [-0.3, -0.25) is 4.79 Å². The van der Waals surface area contributed by atoms with Crippen LogP contribution in [-0.4, -0.2) is 23.7 Å². The van der Waals surface area contributed by atoms with Gasteiger partial charge in [0.2, 0.25) is 0 Å². The molecule has 0 bridgehead atoms. The number of fused-ring (bicyclic) bond motifs is 5. The molecule has 26 heavy (non-hydrogen) atoms. The largest absolute Gasteiger partial charge is 0.391 e. The molecule has 4 rings (SSSR count). The normalized spacial score (nSPS) is 48.4. The highest BCUT2D eigenvalue weighted by molar-refractivity contribution is 5.83. The lowest BCUT2D eigenvalue weighted by molar-refractivity contribution is -0.196. The molecule has 148 valence electrons. The zero-order valence-corrected chi connectivity index (χ0v) is 15.6. The minimum Gasteiger partial charge on any atom is -0.389 e. The van der Waals surface area contributed by atoms with Crippen molar-refractivity contribution in [2.75, 3.05) is 6.61 Å². The van der Waals surface area contributed by atoms with Gasteiger partial charge in [0.05, 0.1) is 5.92 Å². The predicted molar refractivity (Wildman–Crippen MR) is 92.2 cm³/mol. The number of hydrogen-bond donors (Lipinski definition) is 1. The second-order valence-electron chi connectivity index (χ2n) is 9.79. The molecule has 4 aliphatic rings. The third-order valence-corrected chi connectivity index (χ3v) is 8.96. The Labute approximate surface area is 153 Å². The van der Waals surface area contributed by atoms with Crippen molar-refractivity contribution in [3.63, 3.8) is 0 Å². The Morgan fingerprint density at radius 1 is 1.00 bits per heavy atom. The van der Waals surface area contributed by atoms with Gasteiger partial charge in [0.1, 0.15) is 6.61 Å². The summed E-state index contributed by atoms with van der Waals surface area (Å²) in [5, 5.41) is 9.34. The first kappa shape index (κ1) is 18.8. The summed E-state index contributed by atoms with van der Waals surface area (Å²) < 4.78 is 39.5. The molecule has 0 heterocycles. The standard InChI is InChI=1S/C21H31F3O2/c1-20-9-8-15-14-5-3-13(21(22,23)24)10-12(14)2-4-16(15)17(20)6-7-18(20)19(26)11-25/h12-18,25H,2-11H2,1H3/t12?,13-,14-,15?,16+,17-,18+,20-/m0/s1. The molecule has 0 spiro atoms. The van der Waals surface area contributed by atoms with Crippen molar-refractivity contribution >= 4 is 5.78 Å². The molecule has 4 aliphatic carbocycles. The number of rotatable bonds is 2. The second kappa shape index (κ2) is 6.49. The molecule has 2 unspecified atom stereocenters. The molecule has 4 fully saturated rings. The summed E-state index contributed by atoms with van der Waals surface area (Å²) in [5.74, 6) is 1.25. The topological polar surface area (TPSA) is 37.3 Å². The van der Waals surface area contributed by atoms with E-state index in [-0.39, 0.29) is 29.6 Å². The Kier molecular flexibility index (Phi) is 4.69. The van der Waals surface area contributed by atoms with Gasteiger partial charge in [-0.25, -0.2) is 0 Å². The van der Waals surface area contributed by atoms with Crippen LogP contribution < -0.4 is 0 Å². The maximum Gasteiger partial charge on any atom is 0.391 e. The van der Waals surface area contributed by atoms with Crippen LogP contribution in [0.5, 0.6) is 0 Å². The summed E-state index contributed by atoms with van der Waals surface area (Å²) in [4.78, 5) is 12.2. The minimum absolute atomic E-state index is 0.00299. The number of halogens is 3. The van der Waals surface area contributed by atoms with Crippen LogP contribution in [0.2, 0.25) is 0 Å². The molecule has 0 aromatic carbocycles. The van der Waals surface area contributed by atoms with Gasteiger partial charge in [-0.05, 0) is 92.8 Å². The van der Waals surface area contributed by atoms with Crippen molar-refractivity contribution < 1.29 is 23.1 Å². The molecule has 5 heteroatoms. The van der Waals surface area contributed by atoms with Gasteiger partial charge < -0.3 is 5.11 Å². The van der Waals surface area contributed by atoms with Crippen LogP contribution >= 0.6 is 0 Å². The number of carbonyl (C=O) groups is 1. The highest BCUT2D eigenvalue weighted by Gasteiger charge is 2.59. The van der Waals surface area contributed by atoms with E-state index >= 15 is 0 Å². The van der Waals surface area contributed by atoms with Crippen molar-refractivity contribution in [1.29, 1.82) is 0 Å². The van der Waals surface area contributed by atoms with Gasteiger partial charge in [0.25, 0.3) is 0 Å². The number of aliphatic hydroxyl groups is 1. The van der Waals surface area contributed by atoms with E-state index in [9.17, 15) is 23.1 Å². The van der Waals surface area contributed by atoms with Crippen molar-refractivity contribution in [2.45, 2.75) is 70.9 Å². The zero-order chi connectivity index (χ0) is 18.7. The maximum atomic E-state index is 13.2. The first-order valence-corrected chi connectivity index (χ1v) is 10.5. The van der Waals surface area contributed by atoms with Crippen molar-refractivity contribution in [3.8, 4) is 0 Å². The summed E-state index contributed by atoms with van der Waals surface area (Å²) >= 11 is 0. The molecule has 0 aliphatic heterocycles. The number of ketones is 1. The Balaban J connectivity index is 1.50. The molecule has 0 aromatic rings. The van der Waals surface area contributed by atoms with Crippen LogP contribution in [0.25, 0.3) is 0 Å². The third-order valence-electron chi connectivity index (χ3n) is 8.96. The fourth-order valence-electron chi connectivity index (χ4n) is 7.79. The number of hydrogen-bond acceptors (Lipinski definition) is 2. The summed E-state index contributed by atoms with van der Waals surface area (Å²) in [5.41, 5.74) is -0.00299. The Morgan fingerprint density at radius 2 is 1.73 bits per heavy atom.